The summed E-state index contributed by atoms with van der Waals surface area (Å²) in [5.74, 6) is -1.04. The van der Waals surface area contributed by atoms with E-state index in [1.54, 1.807) is 31.2 Å². The number of carbonyl (C=O) groups is 2. The number of fused-ring (bicyclic) bond motifs is 1. The van der Waals surface area contributed by atoms with E-state index in [-0.39, 0.29) is 35.7 Å². The minimum absolute atomic E-state index is 0.00708. The summed E-state index contributed by atoms with van der Waals surface area (Å²) in [4.78, 5) is 32.8. The van der Waals surface area contributed by atoms with Crippen LogP contribution in [-0.4, -0.2) is 35.1 Å². The molecule has 3 aromatic rings. The second-order valence-corrected chi connectivity index (χ2v) is 5.82. The van der Waals surface area contributed by atoms with Gasteiger partial charge in [-0.05, 0) is 38.1 Å². The van der Waals surface area contributed by atoms with Gasteiger partial charge in [-0.3, -0.25) is 4.98 Å². The van der Waals surface area contributed by atoms with Gasteiger partial charge in [0.1, 0.15) is 17.9 Å². The molecule has 0 aliphatic rings. The summed E-state index contributed by atoms with van der Waals surface area (Å²) in [6, 6.07) is 7.88. The fourth-order valence-electron chi connectivity index (χ4n) is 2.65. The lowest BCUT2D eigenvalue weighted by molar-refractivity contribution is -0.581. The van der Waals surface area contributed by atoms with Gasteiger partial charge in [0.25, 0.3) is 0 Å². The third-order valence-corrected chi connectivity index (χ3v) is 3.91. The minimum Gasteiger partial charge on any atom is -0.618 e. The van der Waals surface area contributed by atoms with Gasteiger partial charge < -0.3 is 19.4 Å². The zero-order valence-electron chi connectivity index (χ0n) is 16.0. The lowest BCUT2D eigenvalue weighted by Crippen LogP contribution is -2.39. The van der Waals surface area contributed by atoms with Crippen molar-refractivity contribution in [2.45, 2.75) is 20.5 Å². The summed E-state index contributed by atoms with van der Waals surface area (Å²) < 4.78 is 16.0. The van der Waals surface area contributed by atoms with E-state index in [0.717, 1.165) is 0 Å². The van der Waals surface area contributed by atoms with Crippen LogP contribution in [0.25, 0.3) is 11.0 Å². The highest BCUT2D eigenvalue weighted by molar-refractivity contribution is 5.90. The van der Waals surface area contributed by atoms with Gasteiger partial charge in [0, 0.05) is 12.4 Å². The molecule has 0 fully saturated rings. The van der Waals surface area contributed by atoms with Gasteiger partial charge >= 0.3 is 17.6 Å². The molecule has 0 saturated heterocycles. The van der Waals surface area contributed by atoms with Crippen LogP contribution in [0.4, 0.5) is 0 Å². The summed E-state index contributed by atoms with van der Waals surface area (Å²) in [6.45, 7) is 3.55. The molecule has 3 rings (SSSR count). The van der Waals surface area contributed by atoms with Gasteiger partial charge in [0.2, 0.25) is 5.52 Å². The van der Waals surface area contributed by atoms with Crippen molar-refractivity contribution >= 4 is 23.0 Å². The first-order valence-electron chi connectivity index (χ1n) is 8.98. The number of hydrogen-bond donors (Lipinski definition) is 0. The average molecular weight is 397 g/mol. The maximum Gasteiger partial charge on any atom is 0.407 e. The molecule has 9 nitrogen and oxygen atoms in total. The molecular weight excluding hydrogens is 378 g/mol. The molecule has 0 amide bonds. The number of pyridine rings is 1. The van der Waals surface area contributed by atoms with Crippen LogP contribution in [0.15, 0.2) is 42.7 Å². The van der Waals surface area contributed by atoms with Gasteiger partial charge in [-0.2, -0.15) is 4.73 Å². The third-order valence-electron chi connectivity index (χ3n) is 3.91. The van der Waals surface area contributed by atoms with Crippen molar-refractivity contribution < 1.29 is 28.5 Å². The van der Waals surface area contributed by atoms with Gasteiger partial charge in [-0.25, -0.2) is 14.6 Å². The molecule has 2 aromatic heterocycles. The van der Waals surface area contributed by atoms with Crippen LogP contribution < -0.4 is 9.47 Å². The Morgan fingerprint density at radius 3 is 2.62 bits per heavy atom. The molecule has 0 saturated carbocycles. The third kappa shape index (κ3) is 4.40. The average Bonchev–Trinajstić information content (AvgIpc) is 2.73. The van der Waals surface area contributed by atoms with Crippen LogP contribution in [0.3, 0.4) is 0 Å². The van der Waals surface area contributed by atoms with Crippen LogP contribution in [-0.2, 0) is 16.1 Å². The van der Waals surface area contributed by atoms with E-state index in [1.165, 1.54) is 18.5 Å². The topological polar surface area (TPSA) is 115 Å². The zero-order valence-corrected chi connectivity index (χ0v) is 16.0. The standard InChI is InChI=1S/C20H19N3O6/c1-3-27-14-7-8-15-17(10-14)23(26)18(20(25)28-4-2)16(22-15)12-29-19(24)13-6-5-9-21-11-13/h5-11H,3-4,12H2,1-2H3. The molecular formula is C20H19N3O6. The highest BCUT2D eigenvalue weighted by Crippen LogP contribution is 2.20. The first kappa shape index (κ1) is 20.0. The highest BCUT2D eigenvalue weighted by Gasteiger charge is 2.28. The predicted molar refractivity (Wildman–Crippen MR) is 101 cm³/mol. The number of esters is 2. The molecule has 9 heteroatoms. The molecule has 1 aromatic carbocycles. The van der Waals surface area contributed by atoms with Crippen LogP contribution >= 0.6 is 0 Å². The van der Waals surface area contributed by atoms with Crippen molar-refractivity contribution in [1.82, 2.24) is 9.97 Å². The van der Waals surface area contributed by atoms with Crippen LogP contribution in [0.1, 0.15) is 40.4 Å². The second-order valence-electron chi connectivity index (χ2n) is 5.82. The summed E-state index contributed by atoms with van der Waals surface area (Å²) >= 11 is 0. The molecule has 0 unspecified atom stereocenters. The fourth-order valence-corrected chi connectivity index (χ4v) is 2.65. The largest absolute Gasteiger partial charge is 0.618 e. The molecule has 0 atom stereocenters. The Hall–Kier alpha value is -3.75. The molecule has 29 heavy (non-hydrogen) atoms. The van der Waals surface area contributed by atoms with Crippen molar-refractivity contribution in [3.63, 3.8) is 0 Å². The predicted octanol–water partition coefficient (Wildman–Crippen LogP) is 2.20. The number of nitrogens with zero attached hydrogens (tertiary/aromatic N) is 3. The van der Waals surface area contributed by atoms with Crippen molar-refractivity contribution in [2.75, 3.05) is 13.2 Å². The monoisotopic (exact) mass is 397 g/mol. The minimum atomic E-state index is -0.855. The number of rotatable bonds is 7. The van der Waals surface area contributed by atoms with E-state index in [9.17, 15) is 14.8 Å². The summed E-state index contributed by atoms with van der Waals surface area (Å²) in [7, 11) is 0. The van der Waals surface area contributed by atoms with Gasteiger partial charge in [-0.1, -0.05) is 0 Å². The summed E-state index contributed by atoms with van der Waals surface area (Å²) in [5, 5.41) is 12.9. The number of aromatic nitrogens is 3. The van der Waals surface area contributed by atoms with E-state index in [0.29, 0.717) is 22.6 Å². The Bertz CT molecular complexity index is 1040. The first-order valence-corrected chi connectivity index (χ1v) is 8.98. The summed E-state index contributed by atoms with van der Waals surface area (Å²) in [6.07, 6.45) is 2.88. The van der Waals surface area contributed by atoms with E-state index >= 15 is 0 Å². The van der Waals surface area contributed by atoms with Crippen LogP contribution in [0.5, 0.6) is 5.75 Å². The molecule has 0 spiro atoms. The Kier molecular flexibility index (Phi) is 6.18. The Morgan fingerprint density at radius 2 is 1.93 bits per heavy atom. The number of hydrogen-bond acceptors (Lipinski definition) is 8. The Morgan fingerprint density at radius 1 is 1.10 bits per heavy atom. The fraction of sp³-hybridized carbons (Fsp3) is 0.250. The Balaban J connectivity index is 1.99. The first-order chi connectivity index (χ1) is 14.0. The smallest absolute Gasteiger partial charge is 0.407 e. The normalized spacial score (nSPS) is 10.6. The van der Waals surface area contributed by atoms with E-state index < -0.39 is 11.9 Å². The summed E-state index contributed by atoms with van der Waals surface area (Å²) in [5.41, 5.74) is 0.354. The van der Waals surface area contributed by atoms with E-state index in [2.05, 4.69) is 9.97 Å². The number of benzene rings is 1. The molecule has 150 valence electrons. The van der Waals surface area contributed by atoms with Crippen molar-refractivity contribution in [3.05, 3.63) is 64.9 Å². The lowest BCUT2D eigenvalue weighted by Gasteiger charge is -2.12. The van der Waals surface area contributed by atoms with Gasteiger partial charge in [0.15, 0.2) is 5.69 Å². The molecule has 0 radical (unpaired) electrons. The number of ether oxygens (including phenoxy) is 3. The van der Waals surface area contributed by atoms with E-state index in [1.807, 2.05) is 6.92 Å². The second kappa shape index (κ2) is 8.96. The zero-order chi connectivity index (χ0) is 20.8. The highest BCUT2D eigenvalue weighted by atomic mass is 16.5. The van der Waals surface area contributed by atoms with Crippen LogP contribution in [0.2, 0.25) is 0 Å². The molecule has 0 bridgehead atoms. The van der Waals surface area contributed by atoms with Gasteiger partial charge in [-0.15, -0.1) is 0 Å². The molecule has 0 aliphatic heterocycles. The molecule has 0 N–H and O–H groups in total. The van der Waals surface area contributed by atoms with Gasteiger partial charge in [0.05, 0.1) is 24.8 Å². The Labute approximate surface area is 166 Å². The van der Waals surface area contributed by atoms with Crippen molar-refractivity contribution in [2.24, 2.45) is 0 Å². The van der Waals surface area contributed by atoms with E-state index in [4.69, 9.17) is 14.2 Å². The molecule has 0 aliphatic carbocycles. The maximum atomic E-state index is 12.9. The van der Waals surface area contributed by atoms with Crippen molar-refractivity contribution in [1.29, 1.82) is 0 Å². The van der Waals surface area contributed by atoms with Crippen LogP contribution in [0, 0.1) is 5.21 Å². The molecule has 2 heterocycles. The number of carbonyl (C=O) groups excluding carboxylic acids is 2. The lowest BCUT2D eigenvalue weighted by atomic mass is 10.2. The SMILES string of the molecule is CCOC(=O)c1c(COC(=O)c2cccnc2)nc2ccc(OCC)cc2[n+]1[O-]. The maximum absolute atomic E-state index is 12.9. The van der Waals surface area contributed by atoms with Crippen molar-refractivity contribution in [3.8, 4) is 5.75 Å². The quantitative estimate of drug-likeness (QED) is 0.339.